The van der Waals surface area contributed by atoms with Crippen molar-refractivity contribution in [1.82, 2.24) is 10.6 Å². The van der Waals surface area contributed by atoms with Crippen molar-refractivity contribution in [3.8, 4) is 0 Å². The first-order valence-corrected chi connectivity index (χ1v) is 9.38. The number of hydrogen-bond acceptors (Lipinski definition) is 4. The maximum Gasteiger partial charge on any atom is 0.191 e. The van der Waals surface area contributed by atoms with Crippen LogP contribution in [-0.4, -0.2) is 43.3 Å². The van der Waals surface area contributed by atoms with E-state index in [4.69, 9.17) is 4.74 Å². The van der Waals surface area contributed by atoms with Gasteiger partial charge in [-0.25, -0.2) is 0 Å². The fourth-order valence-corrected chi connectivity index (χ4v) is 4.38. The van der Waals surface area contributed by atoms with Gasteiger partial charge in [-0.05, 0) is 41.0 Å². The van der Waals surface area contributed by atoms with Crippen molar-refractivity contribution in [1.29, 1.82) is 0 Å². The molecule has 0 aromatic carbocycles. The second-order valence-electron chi connectivity index (χ2n) is 5.14. The van der Waals surface area contributed by atoms with Gasteiger partial charge in [0.2, 0.25) is 0 Å². The Kier molecular flexibility index (Phi) is 9.77. The number of ether oxygens (including phenoxy) is 1. The Balaban J connectivity index is 0.00000242. The Labute approximate surface area is 158 Å². The third kappa shape index (κ3) is 6.25. The van der Waals surface area contributed by atoms with Crippen LogP contribution in [0.4, 0.5) is 0 Å². The van der Waals surface area contributed by atoms with E-state index in [9.17, 15) is 0 Å². The van der Waals surface area contributed by atoms with E-state index in [0.29, 0.717) is 0 Å². The first kappa shape index (κ1) is 20.1. The van der Waals surface area contributed by atoms with Crippen LogP contribution in [0.3, 0.4) is 0 Å². The normalized spacial score (nSPS) is 17.6. The van der Waals surface area contributed by atoms with E-state index in [1.165, 1.54) is 5.56 Å². The van der Waals surface area contributed by atoms with Crippen molar-refractivity contribution >= 4 is 53.0 Å². The molecule has 0 atom stereocenters. The number of halogens is 1. The number of rotatable bonds is 6. The average molecular weight is 455 g/mol. The first-order valence-electron chi connectivity index (χ1n) is 7.45. The van der Waals surface area contributed by atoms with Crippen LogP contribution in [0, 0.1) is 0 Å². The standard InChI is InChI=1S/C15H25N3OS2.HI/c1-3-21-15(5-7-19-8-6-15)12-18-14(16-2)17-10-13-4-9-20-11-13;/h4,9,11H,3,5-8,10,12H2,1-2H3,(H2,16,17,18);1H. The summed E-state index contributed by atoms with van der Waals surface area (Å²) in [5.74, 6) is 2.02. The Morgan fingerprint density at radius 3 is 2.77 bits per heavy atom. The van der Waals surface area contributed by atoms with Gasteiger partial charge in [0.25, 0.3) is 0 Å². The molecule has 126 valence electrons. The molecule has 1 aromatic rings. The van der Waals surface area contributed by atoms with Gasteiger partial charge in [-0.2, -0.15) is 23.1 Å². The first-order chi connectivity index (χ1) is 10.3. The molecule has 22 heavy (non-hydrogen) atoms. The highest BCUT2D eigenvalue weighted by molar-refractivity contribution is 14.0. The monoisotopic (exact) mass is 455 g/mol. The van der Waals surface area contributed by atoms with Crippen LogP contribution >= 0.6 is 47.1 Å². The molecule has 2 rings (SSSR count). The van der Waals surface area contributed by atoms with E-state index >= 15 is 0 Å². The van der Waals surface area contributed by atoms with Gasteiger partial charge >= 0.3 is 0 Å². The minimum atomic E-state index is 0. The topological polar surface area (TPSA) is 45.7 Å². The average Bonchev–Trinajstić information content (AvgIpc) is 3.02. The predicted octanol–water partition coefficient (Wildman–Crippen LogP) is 3.33. The van der Waals surface area contributed by atoms with E-state index in [1.54, 1.807) is 11.3 Å². The minimum Gasteiger partial charge on any atom is -0.381 e. The number of nitrogens with one attached hydrogen (secondary N) is 2. The highest BCUT2D eigenvalue weighted by Gasteiger charge is 2.32. The number of nitrogens with zero attached hydrogens (tertiary/aromatic N) is 1. The van der Waals surface area contributed by atoms with Crippen LogP contribution < -0.4 is 10.6 Å². The van der Waals surface area contributed by atoms with Crippen molar-refractivity contribution in [3.05, 3.63) is 22.4 Å². The van der Waals surface area contributed by atoms with Gasteiger partial charge in [-0.3, -0.25) is 4.99 Å². The van der Waals surface area contributed by atoms with E-state index < -0.39 is 0 Å². The molecule has 1 aliphatic heterocycles. The minimum absolute atomic E-state index is 0. The number of aliphatic imine (C=N–C) groups is 1. The van der Waals surface area contributed by atoms with Crippen molar-refractivity contribution in [2.75, 3.05) is 32.6 Å². The van der Waals surface area contributed by atoms with Crippen LogP contribution in [0.25, 0.3) is 0 Å². The van der Waals surface area contributed by atoms with Gasteiger partial charge in [0.05, 0.1) is 0 Å². The summed E-state index contributed by atoms with van der Waals surface area (Å²) in [6.45, 7) is 5.73. The number of hydrogen-bond donors (Lipinski definition) is 2. The van der Waals surface area contributed by atoms with E-state index in [0.717, 1.165) is 50.9 Å². The maximum atomic E-state index is 5.51. The van der Waals surface area contributed by atoms with Crippen molar-refractivity contribution in [3.63, 3.8) is 0 Å². The Hall–Kier alpha value is 0.01000. The predicted molar refractivity (Wildman–Crippen MR) is 109 cm³/mol. The molecule has 2 heterocycles. The summed E-state index contributed by atoms with van der Waals surface area (Å²) >= 11 is 3.77. The van der Waals surface area contributed by atoms with E-state index in [1.807, 2.05) is 18.8 Å². The van der Waals surface area contributed by atoms with Crippen molar-refractivity contribution in [2.24, 2.45) is 4.99 Å². The van der Waals surface area contributed by atoms with Crippen LogP contribution in [0.2, 0.25) is 0 Å². The van der Waals surface area contributed by atoms with Crippen molar-refractivity contribution in [2.45, 2.75) is 31.1 Å². The Bertz CT molecular complexity index is 428. The molecule has 0 aliphatic carbocycles. The second kappa shape index (κ2) is 10.7. The third-order valence-electron chi connectivity index (χ3n) is 3.70. The highest BCUT2D eigenvalue weighted by Crippen LogP contribution is 2.34. The lowest BCUT2D eigenvalue weighted by molar-refractivity contribution is 0.0782. The van der Waals surface area contributed by atoms with Crippen LogP contribution in [0.5, 0.6) is 0 Å². The van der Waals surface area contributed by atoms with E-state index in [2.05, 4.69) is 39.4 Å². The summed E-state index contributed by atoms with van der Waals surface area (Å²) in [6.07, 6.45) is 2.22. The summed E-state index contributed by atoms with van der Waals surface area (Å²) < 4.78 is 5.80. The SMILES string of the molecule is CCSC1(CNC(=NC)NCc2ccsc2)CCOCC1.I. The summed E-state index contributed by atoms with van der Waals surface area (Å²) in [4.78, 5) is 4.32. The van der Waals surface area contributed by atoms with Gasteiger partial charge in [-0.15, -0.1) is 24.0 Å². The molecule has 1 aromatic heterocycles. The van der Waals surface area contributed by atoms with Gasteiger partial charge in [0.15, 0.2) is 5.96 Å². The molecule has 1 fully saturated rings. The van der Waals surface area contributed by atoms with Crippen LogP contribution in [0.15, 0.2) is 21.8 Å². The van der Waals surface area contributed by atoms with Gasteiger partial charge in [-0.1, -0.05) is 6.92 Å². The zero-order valence-electron chi connectivity index (χ0n) is 13.3. The zero-order chi connectivity index (χ0) is 15.0. The highest BCUT2D eigenvalue weighted by atomic mass is 127. The van der Waals surface area contributed by atoms with Gasteiger partial charge in [0.1, 0.15) is 0 Å². The molecular formula is C15H26IN3OS2. The molecule has 0 amide bonds. The smallest absolute Gasteiger partial charge is 0.191 e. The lowest BCUT2D eigenvalue weighted by Gasteiger charge is -2.37. The molecule has 0 saturated carbocycles. The number of thiophene rings is 1. The molecule has 0 spiro atoms. The molecule has 0 unspecified atom stereocenters. The summed E-state index contributed by atoms with van der Waals surface area (Å²) in [6, 6.07) is 2.14. The molecule has 7 heteroatoms. The molecule has 1 saturated heterocycles. The Morgan fingerprint density at radius 2 is 2.18 bits per heavy atom. The van der Waals surface area contributed by atoms with Crippen LogP contribution in [-0.2, 0) is 11.3 Å². The largest absolute Gasteiger partial charge is 0.381 e. The van der Waals surface area contributed by atoms with Crippen LogP contribution in [0.1, 0.15) is 25.3 Å². The molecule has 0 bridgehead atoms. The quantitative estimate of drug-likeness (QED) is 0.393. The summed E-state index contributed by atoms with van der Waals surface area (Å²) in [5.41, 5.74) is 1.30. The maximum absolute atomic E-state index is 5.51. The number of thioether (sulfide) groups is 1. The fourth-order valence-electron chi connectivity index (χ4n) is 2.47. The van der Waals surface area contributed by atoms with Gasteiger partial charge in [0, 0.05) is 38.1 Å². The molecular weight excluding hydrogens is 429 g/mol. The van der Waals surface area contributed by atoms with E-state index in [-0.39, 0.29) is 28.7 Å². The Morgan fingerprint density at radius 1 is 1.41 bits per heavy atom. The third-order valence-corrected chi connectivity index (χ3v) is 5.88. The second-order valence-corrected chi connectivity index (χ2v) is 7.65. The fraction of sp³-hybridized carbons (Fsp3) is 0.667. The summed E-state index contributed by atoms with van der Waals surface area (Å²) in [7, 11) is 1.83. The lowest BCUT2D eigenvalue weighted by atomic mass is 9.99. The van der Waals surface area contributed by atoms with Gasteiger partial charge < -0.3 is 15.4 Å². The summed E-state index contributed by atoms with van der Waals surface area (Å²) in [5, 5.41) is 11.1. The zero-order valence-corrected chi connectivity index (χ0v) is 17.2. The molecule has 4 nitrogen and oxygen atoms in total. The number of guanidine groups is 1. The molecule has 0 radical (unpaired) electrons. The molecule has 2 N–H and O–H groups in total. The lowest BCUT2D eigenvalue weighted by Crippen LogP contribution is -2.47. The van der Waals surface area contributed by atoms with Crippen molar-refractivity contribution < 1.29 is 4.74 Å². The molecule has 1 aliphatic rings.